The van der Waals surface area contributed by atoms with Crippen LogP contribution in [0.15, 0.2) is 41.6 Å². The first kappa shape index (κ1) is 15.8. The quantitative estimate of drug-likeness (QED) is 0.638. The van der Waals surface area contributed by atoms with Gasteiger partial charge in [-0.15, -0.1) is 12.4 Å². The Hall–Kier alpha value is -1.58. The van der Waals surface area contributed by atoms with Crippen LogP contribution in [0.1, 0.15) is 17.5 Å². The third kappa shape index (κ3) is 3.36. The highest BCUT2D eigenvalue weighted by Gasteiger charge is 2.20. The zero-order chi connectivity index (χ0) is 13.9. The fourth-order valence-corrected chi connectivity index (χ4v) is 2.70. The Kier molecular flexibility index (Phi) is 5.21. The molecule has 4 heteroatoms. The second kappa shape index (κ2) is 6.92. The van der Waals surface area contributed by atoms with E-state index in [4.69, 9.17) is 4.84 Å². The Bertz CT molecular complexity index is 652. The smallest absolute Gasteiger partial charge is 0.129 e. The Morgan fingerprint density at radius 1 is 1.10 bits per heavy atom. The monoisotopic (exact) mass is 304 g/mol. The predicted molar refractivity (Wildman–Crippen MR) is 90.6 cm³/mol. The molecule has 0 unspecified atom stereocenters. The van der Waals surface area contributed by atoms with Gasteiger partial charge in [0.2, 0.25) is 0 Å². The molecule has 21 heavy (non-hydrogen) atoms. The van der Waals surface area contributed by atoms with E-state index in [1.54, 1.807) is 0 Å². The summed E-state index contributed by atoms with van der Waals surface area (Å²) in [4.78, 5) is 7.54. The van der Waals surface area contributed by atoms with E-state index in [0.717, 1.165) is 25.1 Å². The molecule has 1 aliphatic carbocycles. The van der Waals surface area contributed by atoms with Crippen LogP contribution in [0.25, 0.3) is 10.8 Å². The minimum absolute atomic E-state index is 0. The molecule has 0 radical (unpaired) electrons. The first-order valence-corrected chi connectivity index (χ1v) is 7.10. The number of likely N-dealkylation sites (N-methyl/N-ethyl adjacent to an activating group) is 1. The number of benzene rings is 2. The molecule has 0 aromatic heterocycles. The molecule has 1 aliphatic rings. The van der Waals surface area contributed by atoms with Gasteiger partial charge in [0, 0.05) is 12.1 Å². The van der Waals surface area contributed by atoms with Crippen molar-refractivity contribution < 1.29 is 4.84 Å². The molecule has 0 bridgehead atoms. The summed E-state index contributed by atoms with van der Waals surface area (Å²) >= 11 is 0. The molecule has 0 saturated heterocycles. The van der Waals surface area contributed by atoms with Crippen molar-refractivity contribution >= 4 is 28.9 Å². The molecule has 0 amide bonds. The number of hydrogen-bond donors (Lipinski definition) is 0. The van der Waals surface area contributed by atoms with E-state index in [0.29, 0.717) is 6.61 Å². The van der Waals surface area contributed by atoms with Gasteiger partial charge >= 0.3 is 0 Å². The molecule has 3 nitrogen and oxygen atoms in total. The molecule has 0 atom stereocenters. The molecule has 112 valence electrons. The van der Waals surface area contributed by atoms with Gasteiger partial charge in [0.15, 0.2) is 0 Å². The summed E-state index contributed by atoms with van der Waals surface area (Å²) in [6, 6.07) is 12.9. The number of halogens is 1. The van der Waals surface area contributed by atoms with Gasteiger partial charge in [-0.05, 0) is 43.3 Å². The molecule has 0 fully saturated rings. The Labute approximate surface area is 132 Å². The highest BCUT2D eigenvalue weighted by molar-refractivity contribution is 6.08. The number of fused-ring (bicyclic) bond motifs is 3. The molecular weight excluding hydrogens is 284 g/mol. The second-order valence-corrected chi connectivity index (χ2v) is 5.49. The van der Waals surface area contributed by atoms with Gasteiger partial charge in [0.1, 0.15) is 6.61 Å². The standard InChI is InChI=1S/C17H20N2O.ClH/c1-19(2)11-12-20-18-17-10-9-15-14-6-4-3-5-13(14)7-8-16(15)17;/h3-8H,9-12H2,1-2H3;1H/b18-17-;. The van der Waals surface area contributed by atoms with Crippen molar-refractivity contribution in [3.8, 4) is 0 Å². The van der Waals surface area contributed by atoms with Crippen molar-refractivity contribution in [1.82, 2.24) is 4.90 Å². The second-order valence-electron chi connectivity index (χ2n) is 5.49. The Morgan fingerprint density at radius 2 is 1.90 bits per heavy atom. The zero-order valence-electron chi connectivity index (χ0n) is 12.5. The van der Waals surface area contributed by atoms with Crippen LogP contribution in [0, 0.1) is 0 Å². The fraction of sp³-hybridized carbons (Fsp3) is 0.353. The summed E-state index contributed by atoms with van der Waals surface area (Å²) in [5.74, 6) is 0. The fourth-order valence-electron chi connectivity index (χ4n) is 2.70. The molecule has 0 saturated carbocycles. The molecule has 0 spiro atoms. The van der Waals surface area contributed by atoms with E-state index in [9.17, 15) is 0 Å². The number of aryl methyl sites for hydroxylation is 1. The largest absolute Gasteiger partial charge is 0.394 e. The van der Waals surface area contributed by atoms with Crippen molar-refractivity contribution in [1.29, 1.82) is 0 Å². The highest BCUT2D eigenvalue weighted by Crippen LogP contribution is 2.30. The van der Waals surface area contributed by atoms with Gasteiger partial charge < -0.3 is 9.74 Å². The lowest BCUT2D eigenvalue weighted by Crippen LogP contribution is -2.17. The van der Waals surface area contributed by atoms with Crippen molar-refractivity contribution in [2.45, 2.75) is 12.8 Å². The third-order valence-electron chi connectivity index (χ3n) is 3.77. The zero-order valence-corrected chi connectivity index (χ0v) is 13.3. The van der Waals surface area contributed by atoms with Crippen LogP contribution in [0.3, 0.4) is 0 Å². The third-order valence-corrected chi connectivity index (χ3v) is 3.77. The Balaban J connectivity index is 0.00000161. The molecule has 2 aromatic rings. The van der Waals surface area contributed by atoms with Crippen molar-refractivity contribution in [2.24, 2.45) is 5.16 Å². The lowest BCUT2D eigenvalue weighted by Gasteiger charge is -2.08. The minimum atomic E-state index is 0. The van der Waals surface area contributed by atoms with Gasteiger partial charge in [-0.1, -0.05) is 41.6 Å². The van der Waals surface area contributed by atoms with E-state index in [1.807, 2.05) is 14.1 Å². The molecule has 0 N–H and O–H groups in total. The van der Waals surface area contributed by atoms with Crippen LogP contribution in [-0.4, -0.2) is 37.9 Å². The van der Waals surface area contributed by atoms with Gasteiger partial charge in [0.25, 0.3) is 0 Å². The van der Waals surface area contributed by atoms with Crippen LogP contribution in [0.2, 0.25) is 0 Å². The van der Waals surface area contributed by atoms with Crippen molar-refractivity contribution in [3.63, 3.8) is 0 Å². The summed E-state index contributed by atoms with van der Waals surface area (Å²) < 4.78 is 0. The van der Waals surface area contributed by atoms with E-state index < -0.39 is 0 Å². The predicted octanol–water partition coefficient (Wildman–Crippen LogP) is 3.49. The maximum atomic E-state index is 5.44. The molecular formula is C17H21ClN2O. The summed E-state index contributed by atoms with van der Waals surface area (Å²) in [5, 5.41) is 6.99. The van der Waals surface area contributed by atoms with Gasteiger partial charge in [-0.25, -0.2) is 0 Å². The van der Waals surface area contributed by atoms with E-state index in [1.165, 1.54) is 21.9 Å². The first-order chi connectivity index (χ1) is 9.75. The van der Waals surface area contributed by atoms with E-state index in [-0.39, 0.29) is 12.4 Å². The lowest BCUT2D eigenvalue weighted by molar-refractivity contribution is 0.126. The van der Waals surface area contributed by atoms with Crippen LogP contribution in [-0.2, 0) is 11.3 Å². The SMILES string of the molecule is CN(C)CCO/N=C1/CCc2c1ccc1ccccc21.Cl. The minimum Gasteiger partial charge on any atom is -0.394 e. The van der Waals surface area contributed by atoms with Crippen molar-refractivity contribution in [3.05, 3.63) is 47.5 Å². The molecule has 0 heterocycles. The summed E-state index contributed by atoms with van der Waals surface area (Å²) in [6.07, 6.45) is 2.04. The number of hydrogen-bond acceptors (Lipinski definition) is 3. The number of nitrogens with zero attached hydrogens (tertiary/aromatic N) is 2. The number of oxime groups is 1. The first-order valence-electron chi connectivity index (χ1n) is 7.10. The lowest BCUT2D eigenvalue weighted by atomic mass is 10.0. The maximum Gasteiger partial charge on any atom is 0.129 e. The highest BCUT2D eigenvalue weighted by atomic mass is 35.5. The maximum absolute atomic E-state index is 5.44. The van der Waals surface area contributed by atoms with Gasteiger partial charge in [-0.2, -0.15) is 0 Å². The topological polar surface area (TPSA) is 24.8 Å². The summed E-state index contributed by atoms with van der Waals surface area (Å²) in [5.41, 5.74) is 3.76. The van der Waals surface area contributed by atoms with Crippen molar-refractivity contribution in [2.75, 3.05) is 27.2 Å². The average molecular weight is 305 g/mol. The van der Waals surface area contributed by atoms with E-state index >= 15 is 0 Å². The van der Waals surface area contributed by atoms with Gasteiger partial charge in [0.05, 0.1) is 5.71 Å². The summed E-state index contributed by atoms with van der Waals surface area (Å²) in [6.45, 7) is 1.53. The number of rotatable bonds is 4. The van der Waals surface area contributed by atoms with Crippen LogP contribution in [0.5, 0.6) is 0 Å². The summed E-state index contributed by atoms with van der Waals surface area (Å²) in [7, 11) is 4.07. The van der Waals surface area contributed by atoms with Gasteiger partial charge in [-0.3, -0.25) is 0 Å². The van der Waals surface area contributed by atoms with Crippen LogP contribution in [0.4, 0.5) is 0 Å². The Morgan fingerprint density at radius 3 is 2.71 bits per heavy atom. The average Bonchev–Trinajstić information content (AvgIpc) is 2.87. The molecule has 2 aromatic carbocycles. The van der Waals surface area contributed by atoms with Crippen LogP contribution < -0.4 is 0 Å². The molecule has 3 rings (SSSR count). The van der Waals surface area contributed by atoms with Crippen LogP contribution >= 0.6 is 12.4 Å². The molecule has 0 aliphatic heterocycles. The normalized spacial score (nSPS) is 15.3. The van der Waals surface area contributed by atoms with E-state index in [2.05, 4.69) is 46.5 Å².